The Balaban J connectivity index is 1.81. The van der Waals surface area contributed by atoms with Crippen LogP contribution >= 0.6 is 12.2 Å². The first-order valence-corrected chi connectivity index (χ1v) is 10.2. The first kappa shape index (κ1) is 19.5. The number of hydrogen-bond donors (Lipinski definition) is 1. The van der Waals surface area contributed by atoms with Crippen LogP contribution in [0.15, 0.2) is 48.5 Å². The zero-order chi connectivity index (χ0) is 20.6. The molecule has 0 spiro atoms. The van der Waals surface area contributed by atoms with Crippen molar-refractivity contribution in [3.63, 3.8) is 0 Å². The van der Waals surface area contributed by atoms with Gasteiger partial charge in [0.1, 0.15) is 17.4 Å². The predicted octanol–water partition coefficient (Wildman–Crippen LogP) is 3.81. The summed E-state index contributed by atoms with van der Waals surface area (Å²) in [7, 11) is 0. The van der Waals surface area contributed by atoms with Gasteiger partial charge in [0.25, 0.3) is 0 Å². The average molecular weight is 413 g/mol. The van der Waals surface area contributed by atoms with Gasteiger partial charge in [-0.2, -0.15) is 0 Å². The van der Waals surface area contributed by atoms with Gasteiger partial charge < -0.3 is 19.5 Å². The monoisotopic (exact) mass is 412 g/mol. The summed E-state index contributed by atoms with van der Waals surface area (Å²) >= 11 is 5.70. The van der Waals surface area contributed by atoms with E-state index in [-0.39, 0.29) is 12.0 Å². The highest BCUT2D eigenvalue weighted by Gasteiger charge is 2.59. The highest BCUT2D eigenvalue weighted by Crippen LogP contribution is 2.49. The van der Waals surface area contributed by atoms with Crippen LogP contribution in [0.5, 0.6) is 11.5 Å². The highest BCUT2D eigenvalue weighted by molar-refractivity contribution is 7.80. The number of rotatable bonds is 5. The van der Waals surface area contributed by atoms with E-state index in [2.05, 4.69) is 5.32 Å². The molecule has 6 nitrogen and oxygen atoms in total. The van der Waals surface area contributed by atoms with Crippen LogP contribution in [0.1, 0.15) is 32.4 Å². The normalized spacial score (nSPS) is 24.8. The second-order valence-corrected chi connectivity index (χ2v) is 7.50. The molecule has 2 aliphatic rings. The van der Waals surface area contributed by atoms with Crippen LogP contribution in [0.4, 0.5) is 5.69 Å². The number of esters is 1. The molecule has 152 valence electrons. The molecule has 3 unspecified atom stereocenters. The van der Waals surface area contributed by atoms with Crippen molar-refractivity contribution in [3.8, 4) is 11.5 Å². The van der Waals surface area contributed by atoms with Crippen molar-refractivity contribution >= 4 is 29.0 Å². The molecule has 2 aromatic carbocycles. The number of hydrogen-bond acceptors (Lipinski definition) is 5. The largest absolute Gasteiger partial charge is 0.494 e. The van der Waals surface area contributed by atoms with Crippen molar-refractivity contribution in [1.29, 1.82) is 0 Å². The first-order chi connectivity index (χ1) is 14.0. The first-order valence-electron chi connectivity index (χ1n) is 9.77. The van der Waals surface area contributed by atoms with E-state index in [1.54, 1.807) is 6.92 Å². The average Bonchev–Trinajstić information content (AvgIpc) is 2.69. The maximum absolute atomic E-state index is 13.0. The molecule has 3 atom stereocenters. The van der Waals surface area contributed by atoms with Gasteiger partial charge in [-0.25, -0.2) is 0 Å². The fourth-order valence-electron chi connectivity index (χ4n) is 4.17. The molecule has 1 N–H and O–H groups in total. The minimum Gasteiger partial charge on any atom is -0.494 e. The van der Waals surface area contributed by atoms with Gasteiger partial charge in [-0.15, -0.1) is 0 Å². The van der Waals surface area contributed by atoms with Gasteiger partial charge in [-0.05, 0) is 63.3 Å². The number of anilines is 1. The number of carbonyl (C=O) groups excluding carboxylic acids is 1. The Kier molecular flexibility index (Phi) is 5.08. The maximum atomic E-state index is 13.0. The molecule has 0 aliphatic carbocycles. The summed E-state index contributed by atoms with van der Waals surface area (Å²) in [4.78, 5) is 14.9. The minimum atomic E-state index is -1.04. The fraction of sp³-hybridized carbons (Fsp3) is 0.364. The highest BCUT2D eigenvalue weighted by atomic mass is 32.1. The van der Waals surface area contributed by atoms with Crippen molar-refractivity contribution in [2.24, 2.45) is 5.92 Å². The predicted molar refractivity (Wildman–Crippen MR) is 114 cm³/mol. The molecule has 2 aliphatic heterocycles. The number of ether oxygens (including phenoxy) is 3. The summed E-state index contributed by atoms with van der Waals surface area (Å²) in [5.74, 6) is 0.578. The summed E-state index contributed by atoms with van der Waals surface area (Å²) in [5, 5.41) is 3.85. The minimum absolute atomic E-state index is 0.299. The third-order valence-electron chi connectivity index (χ3n) is 5.35. The third-order valence-corrected chi connectivity index (χ3v) is 5.65. The van der Waals surface area contributed by atoms with Gasteiger partial charge >= 0.3 is 5.97 Å². The Labute approximate surface area is 175 Å². The van der Waals surface area contributed by atoms with Crippen LogP contribution in [0.3, 0.4) is 0 Å². The van der Waals surface area contributed by atoms with E-state index < -0.39 is 11.6 Å². The van der Waals surface area contributed by atoms with Gasteiger partial charge in [-0.3, -0.25) is 9.69 Å². The summed E-state index contributed by atoms with van der Waals surface area (Å²) in [6.45, 7) is 6.52. The van der Waals surface area contributed by atoms with Crippen LogP contribution < -0.4 is 19.7 Å². The lowest BCUT2D eigenvalue weighted by Crippen LogP contribution is -2.71. The Morgan fingerprint density at radius 2 is 1.90 bits per heavy atom. The third kappa shape index (κ3) is 3.19. The summed E-state index contributed by atoms with van der Waals surface area (Å²) in [6, 6.07) is 15.0. The number of nitrogens with zero attached hydrogens (tertiary/aromatic N) is 1. The van der Waals surface area contributed by atoms with E-state index in [4.69, 9.17) is 26.4 Å². The van der Waals surface area contributed by atoms with Crippen LogP contribution in [0, 0.1) is 5.92 Å². The molecular weight excluding hydrogens is 388 g/mol. The quantitative estimate of drug-likeness (QED) is 0.592. The van der Waals surface area contributed by atoms with Crippen molar-refractivity contribution < 1.29 is 19.0 Å². The topological polar surface area (TPSA) is 60.0 Å². The molecule has 2 bridgehead atoms. The summed E-state index contributed by atoms with van der Waals surface area (Å²) in [6.07, 6.45) is 0. The molecular formula is C22H24N2O4S. The molecule has 0 amide bonds. The van der Waals surface area contributed by atoms with Crippen molar-refractivity contribution in [1.82, 2.24) is 5.32 Å². The number of para-hydroxylation sites is 1. The SMILES string of the molecule is CCOC(=O)C1C2NC(=S)N(c3ccc(OCC)cc3)C1(C)Oc1ccccc12. The van der Waals surface area contributed by atoms with Gasteiger partial charge in [-0.1, -0.05) is 18.2 Å². The lowest BCUT2D eigenvalue weighted by molar-refractivity contribution is -0.159. The van der Waals surface area contributed by atoms with Crippen LogP contribution in [0.2, 0.25) is 0 Å². The molecule has 1 saturated heterocycles. The van der Waals surface area contributed by atoms with Crippen LogP contribution in [0.25, 0.3) is 0 Å². The number of benzene rings is 2. The molecule has 0 radical (unpaired) electrons. The standard InChI is InChI=1S/C22H24N2O4S/c1-4-26-15-12-10-14(11-13-15)24-21(29)23-19-16-8-6-7-9-17(16)28-22(24,3)18(19)20(25)27-5-2/h6-13,18-19H,4-5H2,1-3H3,(H,23,29). The summed E-state index contributed by atoms with van der Waals surface area (Å²) in [5.41, 5.74) is 0.665. The van der Waals surface area contributed by atoms with Crippen molar-refractivity contribution in [2.75, 3.05) is 18.1 Å². The van der Waals surface area contributed by atoms with Gasteiger partial charge in [0, 0.05) is 11.3 Å². The molecule has 2 heterocycles. The van der Waals surface area contributed by atoms with E-state index >= 15 is 0 Å². The van der Waals surface area contributed by atoms with E-state index in [9.17, 15) is 4.79 Å². The molecule has 29 heavy (non-hydrogen) atoms. The number of thiocarbonyl (C=S) groups is 1. The molecule has 0 aromatic heterocycles. The zero-order valence-corrected chi connectivity index (χ0v) is 17.5. The van der Waals surface area contributed by atoms with E-state index in [0.29, 0.717) is 18.3 Å². The second-order valence-electron chi connectivity index (χ2n) is 7.11. The molecule has 2 aromatic rings. The van der Waals surface area contributed by atoms with Crippen LogP contribution in [-0.2, 0) is 9.53 Å². The van der Waals surface area contributed by atoms with Gasteiger partial charge in [0.2, 0.25) is 5.72 Å². The smallest absolute Gasteiger partial charge is 0.317 e. The summed E-state index contributed by atoms with van der Waals surface area (Å²) < 4.78 is 17.4. The lowest BCUT2D eigenvalue weighted by atomic mass is 9.79. The second kappa shape index (κ2) is 7.55. The van der Waals surface area contributed by atoms with Crippen molar-refractivity contribution in [3.05, 3.63) is 54.1 Å². The van der Waals surface area contributed by atoms with Crippen molar-refractivity contribution in [2.45, 2.75) is 32.5 Å². The molecule has 7 heteroatoms. The van der Waals surface area contributed by atoms with E-state index in [1.165, 1.54) is 0 Å². The lowest BCUT2D eigenvalue weighted by Gasteiger charge is -2.55. The van der Waals surface area contributed by atoms with Gasteiger partial charge in [0.15, 0.2) is 5.11 Å². The Morgan fingerprint density at radius 1 is 1.17 bits per heavy atom. The Hall–Kier alpha value is -2.80. The zero-order valence-electron chi connectivity index (χ0n) is 16.7. The van der Waals surface area contributed by atoms with Crippen LogP contribution in [-0.4, -0.2) is 30.0 Å². The Morgan fingerprint density at radius 3 is 2.59 bits per heavy atom. The maximum Gasteiger partial charge on any atom is 0.317 e. The van der Waals surface area contributed by atoms with Gasteiger partial charge in [0.05, 0.1) is 19.3 Å². The number of nitrogens with one attached hydrogen (secondary N) is 1. The van der Waals surface area contributed by atoms with E-state index in [0.717, 1.165) is 22.7 Å². The number of fused-ring (bicyclic) bond motifs is 4. The molecule has 4 rings (SSSR count). The number of carbonyl (C=O) groups is 1. The Bertz CT molecular complexity index is 933. The molecule has 0 saturated carbocycles. The van der Waals surface area contributed by atoms with E-state index in [1.807, 2.05) is 67.3 Å². The molecule has 1 fully saturated rings. The fourth-order valence-corrected chi connectivity index (χ4v) is 4.58.